The first kappa shape index (κ1) is 21.0. The van der Waals surface area contributed by atoms with Gasteiger partial charge in [-0.2, -0.15) is 0 Å². The maximum atomic E-state index is 12.1. The predicted molar refractivity (Wildman–Crippen MR) is 102 cm³/mol. The lowest BCUT2D eigenvalue weighted by Gasteiger charge is -2.35. The Morgan fingerprint density at radius 2 is 1.70 bits per heavy atom. The molecule has 2 rings (SSSR count). The van der Waals surface area contributed by atoms with Gasteiger partial charge in [0, 0.05) is 39.1 Å². The second kappa shape index (κ2) is 9.60. The van der Waals surface area contributed by atoms with Gasteiger partial charge in [0.15, 0.2) is 0 Å². The molecule has 27 heavy (non-hydrogen) atoms. The summed E-state index contributed by atoms with van der Waals surface area (Å²) in [5.74, 6) is -0.0106. The van der Waals surface area contributed by atoms with E-state index in [1.54, 1.807) is 4.90 Å². The number of carboxylic acids is 1. The Morgan fingerprint density at radius 3 is 2.26 bits per heavy atom. The highest BCUT2D eigenvalue weighted by atomic mass is 16.6. The van der Waals surface area contributed by atoms with Crippen LogP contribution in [0.25, 0.3) is 0 Å². The van der Waals surface area contributed by atoms with Crippen LogP contribution in [0.3, 0.4) is 0 Å². The van der Waals surface area contributed by atoms with Gasteiger partial charge < -0.3 is 19.5 Å². The van der Waals surface area contributed by atoms with E-state index in [1.165, 1.54) is 0 Å². The van der Waals surface area contributed by atoms with E-state index in [1.807, 2.05) is 45.0 Å². The number of piperazine rings is 1. The van der Waals surface area contributed by atoms with Crippen LogP contribution < -0.4 is 4.74 Å². The fourth-order valence-electron chi connectivity index (χ4n) is 2.78. The first-order chi connectivity index (χ1) is 12.7. The van der Waals surface area contributed by atoms with E-state index in [0.29, 0.717) is 26.1 Å². The molecule has 0 radical (unpaired) electrons. The quantitative estimate of drug-likeness (QED) is 0.786. The fraction of sp³-hybridized carbons (Fsp3) is 0.600. The van der Waals surface area contributed by atoms with Gasteiger partial charge in [-0.15, -0.1) is 0 Å². The lowest BCUT2D eigenvalue weighted by Crippen LogP contribution is -2.50. The molecule has 1 aliphatic heterocycles. The topological polar surface area (TPSA) is 79.3 Å². The minimum atomic E-state index is -0.790. The van der Waals surface area contributed by atoms with Gasteiger partial charge in [-0.05, 0) is 44.9 Å². The van der Waals surface area contributed by atoms with Crippen molar-refractivity contribution in [3.8, 4) is 5.75 Å². The van der Waals surface area contributed by atoms with Gasteiger partial charge in [0.2, 0.25) is 0 Å². The highest BCUT2D eigenvalue weighted by Crippen LogP contribution is 2.14. The lowest BCUT2D eigenvalue weighted by molar-refractivity contribution is -0.136. The number of carbonyl (C=O) groups excluding carboxylic acids is 1. The molecule has 7 heteroatoms. The van der Waals surface area contributed by atoms with Gasteiger partial charge in [0.05, 0.1) is 0 Å². The Kier molecular flexibility index (Phi) is 7.47. The lowest BCUT2D eigenvalue weighted by atomic mass is 10.1. The predicted octanol–water partition coefficient (Wildman–Crippen LogP) is 2.64. The van der Waals surface area contributed by atoms with E-state index in [-0.39, 0.29) is 12.5 Å². The Hall–Kier alpha value is -2.28. The van der Waals surface area contributed by atoms with Crippen LogP contribution in [0.15, 0.2) is 24.3 Å². The van der Waals surface area contributed by atoms with Gasteiger partial charge in [-0.1, -0.05) is 12.1 Å². The second-order valence-electron chi connectivity index (χ2n) is 7.70. The van der Waals surface area contributed by atoms with Crippen LogP contribution in [-0.4, -0.2) is 71.9 Å². The monoisotopic (exact) mass is 378 g/mol. The standard InChI is InChI=1S/C20H30N2O5/c1-20(2,3)27-19(25)22-12-10-21(11-13-22)14-15-26-17-7-4-16(5-8-17)6-9-18(23)24/h4-5,7-8H,6,9-15H2,1-3H3,(H,23,24). The largest absolute Gasteiger partial charge is 0.492 e. The molecule has 0 saturated carbocycles. The normalized spacial score (nSPS) is 15.4. The van der Waals surface area contributed by atoms with E-state index < -0.39 is 11.6 Å². The molecule has 1 amide bonds. The molecule has 0 atom stereocenters. The number of carbonyl (C=O) groups is 2. The van der Waals surface area contributed by atoms with Gasteiger partial charge in [0.1, 0.15) is 18.0 Å². The summed E-state index contributed by atoms with van der Waals surface area (Å²) >= 11 is 0. The molecule has 1 heterocycles. The van der Waals surface area contributed by atoms with E-state index in [9.17, 15) is 9.59 Å². The summed E-state index contributed by atoms with van der Waals surface area (Å²) in [5.41, 5.74) is 0.522. The van der Waals surface area contributed by atoms with Crippen LogP contribution in [0, 0.1) is 0 Å². The molecule has 1 saturated heterocycles. The smallest absolute Gasteiger partial charge is 0.410 e. The SMILES string of the molecule is CC(C)(C)OC(=O)N1CCN(CCOc2ccc(CCC(=O)O)cc2)CC1. The molecule has 1 aromatic rings. The molecular formula is C20H30N2O5. The third-order valence-electron chi connectivity index (χ3n) is 4.25. The minimum Gasteiger partial charge on any atom is -0.492 e. The Morgan fingerprint density at radius 1 is 1.07 bits per heavy atom. The molecular weight excluding hydrogens is 348 g/mol. The number of carboxylic acid groups (broad SMARTS) is 1. The second-order valence-corrected chi connectivity index (χ2v) is 7.70. The van der Waals surface area contributed by atoms with Crippen molar-refractivity contribution >= 4 is 12.1 Å². The number of benzene rings is 1. The Labute approximate surface area is 160 Å². The molecule has 0 bridgehead atoms. The molecule has 1 aromatic carbocycles. The van der Waals surface area contributed by atoms with Crippen molar-refractivity contribution in [2.24, 2.45) is 0 Å². The highest BCUT2D eigenvalue weighted by Gasteiger charge is 2.25. The van der Waals surface area contributed by atoms with E-state index in [2.05, 4.69) is 4.90 Å². The van der Waals surface area contributed by atoms with Crippen molar-refractivity contribution < 1.29 is 24.2 Å². The number of aryl methyl sites for hydroxylation is 1. The molecule has 0 spiro atoms. The Bertz CT molecular complexity index is 616. The van der Waals surface area contributed by atoms with Crippen LogP contribution in [0.5, 0.6) is 5.75 Å². The molecule has 1 aliphatic rings. The number of rotatable bonds is 7. The molecule has 150 valence electrons. The zero-order chi connectivity index (χ0) is 19.9. The molecule has 7 nitrogen and oxygen atoms in total. The van der Waals surface area contributed by atoms with Gasteiger partial charge in [-0.25, -0.2) is 4.79 Å². The summed E-state index contributed by atoms with van der Waals surface area (Å²) in [6.45, 7) is 9.91. The van der Waals surface area contributed by atoms with Gasteiger partial charge >= 0.3 is 12.1 Å². The third-order valence-corrected chi connectivity index (χ3v) is 4.25. The van der Waals surface area contributed by atoms with Crippen molar-refractivity contribution in [1.29, 1.82) is 0 Å². The summed E-state index contributed by atoms with van der Waals surface area (Å²) in [6, 6.07) is 7.55. The maximum absolute atomic E-state index is 12.1. The summed E-state index contributed by atoms with van der Waals surface area (Å²) in [5, 5.41) is 8.71. The average Bonchev–Trinajstić information content (AvgIpc) is 2.60. The van der Waals surface area contributed by atoms with Crippen molar-refractivity contribution in [3.05, 3.63) is 29.8 Å². The van der Waals surface area contributed by atoms with Crippen LogP contribution in [-0.2, 0) is 16.0 Å². The van der Waals surface area contributed by atoms with E-state index >= 15 is 0 Å². The number of hydrogen-bond acceptors (Lipinski definition) is 5. The average molecular weight is 378 g/mol. The van der Waals surface area contributed by atoms with Crippen molar-refractivity contribution in [1.82, 2.24) is 9.80 Å². The first-order valence-corrected chi connectivity index (χ1v) is 9.37. The Balaban J connectivity index is 1.65. The molecule has 0 aromatic heterocycles. The maximum Gasteiger partial charge on any atom is 0.410 e. The third kappa shape index (κ3) is 7.86. The highest BCUT2D eigenvalue weighted by molar-refractivity contribution is 5.68. The van der Waals surface area contributed by atoms with E-state index in [0.717, 1.165) is 30.9 Å². The molecule has 1 N–H and O–H groups in total. The van der Waals surface area contributed by atoms with Crippen LogP contribution >= 0.6 is 0 Å². The van der Waals surface area contributed by atoms with Crippen LogP contribution in [0.1, 0.15) is 32.8 Å². The number of ether oxygens (including phenoxy) is 2. The van der Waals surface area contributed by atoms with Crippen molar-refractivity contribution in [2.75, 3.05) is 39.3 Å². The molecule has 0 aliphatic carbocycles. The van der Waals surface area contributed by atoms with Crippen molar-refractivity contribution in [2.45, 2.75) is 39.2 Å². The van der Waals surface area contributed by atoms with Crippen LogP contribution in [0.4, 0.5) is 4.79 Å². The number of amides is 1. The van der Waals surface area contributed by atoms with Gasteiger partial charge in [-0.3, -0.25) is 9.69 Å². The van der Waals surface area contributed by atoms with Gasteiger partial charge in [0.25, 0.3) is 0 Å². The summed E-state index contributed by atoms with van der Waals surface area (Å²) in [7, 11) is 0. The van der Waals surface area contributed by atoms with Crippen molar-refractivity contribution in [3.63, 3.8) is 0 Å². The first-order valence-electron chi connectivity index (χ1n) is 9.37. The summed E-state index contributed by atoms with van der Waals surface area (Å²) < 4.78 is 11.2. The minimum absolute atomic E-state index is 0.134. The number of nitrogens with zero attached hydrogens (tertiary/aromatic N) is 2. The summed E-state index contributed by atoms with van der Waals surface area (Å²) in [6.07, 6.45) is 0.411. The zero-order valence-electron chi connectivity index (χ0n) is 16.4. The number of hydrogen-bond donors (Lipinski definition) is 1. The fourth-order valence-corrected chi connectivity index (χ4v) is 2.78. The van der Waals surface area contributed by atoms with Crippen LogP contribution in [0.2, 0.25) is 0 Å². The number of aliphatic carboxylic acids is 1. The zero-order valence-corrected chi connectivity index (χ0v) is 16.4. The summed E-state index contributed by atoms with van der Waals surface area (Å²) in [4.78, 5) is 26.7. The molecule has 0 unspecified atom stereocenters. The van der Waals surface area contributed by atoms with E-state index in [4.69, 9.17) is 14.6 Å². The molecule has 1 fully saturated rings.